The lowest BCUT2D eigenvalue weighted by Crippen LogP contribution is -2.55. The van der Waals surface area contributed by atoms with Crippen LogP contribution >= 0.6 is 15.9 Å². The highest BCUT2D eigenvalue weighted by Gasteiger charge is 2.30. The lowest BCUT2D eigenvalue weighted by Gasteiger charge is -2.34. The normalized spacial score (nSPS) is 12.1. The Labute approximate surface area is 152 Å². The number of hydrogen-bond acceptors (Lipinski definition) is 3. The second-order valence-electron chi connectivity index (χ2n) is 6.95. The standard InChI is InChI=1S/C18H28BrFN2O2/c1-6-18(7-2,22-16(23)24-17(3,4)5)12-21-11-13-10-14(20)8-9-15(13)19/h8-10,21H,6-7,11-12H2,1-5H3,(H,22,23). The zero-order chi connectivity index (χ0) is 18.4. The lowest BCUT2D eigenvalue weighted by atomic mass is 9.92. The first kappa shape index (κ1) is 20.9. The number of amides is 1. The lowest BCUT2D eigenvalue weighted by molar-refractivity contribution is 0.0446. The molecule has 24 heavy (non-hydrogen) atoms. The fourth-order valence-electron chi connectivity index (χ4n) is 2.36. The Kier molecular flexibility index (Phi) is 7.67. The molecule has 0 fully saturated rings. The van der Waals surface area contributed by atoms with Gasteiger partial charge < -0.3 is 15.4 Å². The molecule has 4 nitrogen and oxygen atoms in total. The van der Waals surface area contributed by atoms with E-state index in [0.717, 1.165) is 22.9 Å². The van der Waals surface area contributed by atoms with E-state index in [9.17, 15) is 9.18 Å². The Morgan fingerprint density at radius 1 is 1.25 bits per heavy atom. The molecule has 0 saturated heterocycles. The van der Waals surface area contributed by atoms with Crippen LogP contribution in [-0.2, 0) is 11.3 Å². The number of carbonyl (C=O) groups excluding carboxylic acids is 1. The van der Waals surface area contributed by atoms with E-state index in [-0.39, 0.29) is 5.82 Å². The summed E-state index contributed by atoms with van der Waals surface area (Å²) in [6.45, 7) is 10.7. The molecule has 0 aliphatic carbocycles. The fourth-order valence-corrected chi connectivity index (χ4v) is 2.74. The molecule has 6 heteroatoms. The van der Waals surface area contributed by atoms with Gasteiger partial charge in [-0.25, -0.2) is 9.18 Å². The summed E-state index contributed by atoms with van der Waals surface area (Å²) in [5.74, 6) is -0.265. The molecule has 0 aromatic heterocycles. The van der Waals surface area contributed by atoms with Crippen molar-refractivity contribution in [1.82, 2.24) is 10.6 Å². The van der Waals surface area contributed by atoms with Gasteiger partial charge in [-0.3, -0.25) is 0 Å². The van der Waals surface area contributed by atoms with E-state index < -0.39 is 17.2 Å². The van der Waals surface area contributed by atoms with Gasteiger partial charge in [-0.05, 0) is 57.4 Å². The third-order valence-electron chi connectivity index (χ3n) is 3.91. The number of benzene rings is 1. The summed E-state index contributed by atoms with van der Waals surface area (Å²) in [4.78, 5) is 12.1. The number of hydrogen-bond donors (Lipinski definition) is 2. The average molecular weight is 403 g/mol. The highest BCUT2D eigenvalue weighted by molar-refractivity contribution is 9.10. The smallest absolute Gasteiger partial charge is 0.408 e. The van der Waals surface area contributed by atoms with Gasteiger partial charge in [0, 0.05) is 17.6 Å². The predicted molar refractivity (Wildman–Crippen MR) is 98.5 cm³/mol. The first-order chi connectivity index (χ1) is 11.1. The minimum absolute atomic E-state index is 0.265. The summed E-state index contributed by atoms with van der Waals surface area (Å²) >= 11 is 3.42. The molecule has 0 saturated carbocycles. The van der Waals surface area contributed by atoms with Crippen LogP contribution in [0.1, 0.15) is 53.0 Å². The van der Waals surface area contributed by atoms with Crippen LogP contribution in [0.15, 0.2) is 22.7 Å². The van der Waals surface area contributed by atoms with Crippen molar-refractivity contribution in [3.05, 3.63) is 34.1 Å². The molecule has 0 radical (unpaired) electrons. The van der Waals surface area contributed by atoms with Crippen LogP contribution in [-0.4, -0.2) is 23.8 Å². The highest BCUT2D eigenvalue weighted by Crippen LogP contribution is 2.19. The first-order valence-electron chi connectivity index (χ1n) is 8.26. The number of halogens is 2. The van der Waals surface area contributed by atoms with Crippen LogP contribution in [0.25, 0.3) is 0 Å². The Bertz CT molecular complexity index is 554. The zero-order valence-electron chi connectivity index (χ0n) is 15.1. The van der Waals surface area contributed by atoms with E-state index in [1.807, 2.05) is 34.6 Å². The molecular weight excluding hydrogens is 375 g/mol. The SMILES string of the molecule is CCC(CC)(CNCc1cc(F)ccc1Br)NC(=O)OC(C)(C)C. The molecule has 136 valence electrons. The summed E-state index contributed by atoms with van der Waals surface area (Å²) in [5.41, 5.74) is -0.0902. The van der Waals surface area contributed by atoms with Crippen molar-refractivity contribution in [3.8, 4) is 0 Å². The minimum atomic E-state index is -0.531. The van der Waals surface area contributed by atoms with Crippen molar-refractivity contribution in [1.29, 1.82) is 0 Å². The topological polar surface area (TPSA) is 50.4 Å². The largest absolute Gasteiger partial charge is 0.444 e. The molecular formula is C18H28BrFN2O2. The molecule has 1 rings (SSSR count). The zero-order valence-corrected chi connectivity index (χ0v) is 16.7. The third kappa shape index (κ3) is 6.77. The Balaban J connectivity index is 2.68. The summed E-state index contributed by atoms with van der Waals surface area (Å²) in [7, 11) is 0. The quantitative estimate of drug-likeness (QED) is 0.690. The van der Waals surface area contributed by atoms with E-state index in [1.165, 1.54) is 12.1 Å². The first-order valence-corrected chi connectivity index (χ1v) is 9.06. The maximum atomic E-state index is 13.3. The Morgan fingerprint density at radius 2 is 1.88 bits per heavy atom. The van der Waals surface area contributed by atoms with Crippen molar-refractivity contribution in [2.75, 3.05) is 6.54 Å². The molecule has 1 amide bonds. The van der Waals surface area contributed by atoms with Crippen LogP contribution in [0, 0.1) is 5.82 Å². The highest BCUT2D eigenvalue weighted by atomic mass is 79.9. The molecule has 0 spiro atoms. The second-order valence-corrected chi connectivity index (χ2v) is 7.81. The predicted octanol–water partition coefficient (Wildman–Crippen LogP) is 4.76. The number of alkyl carbamates (subject to hydrolysis) is 1. The van der Waals surface area contributed by atoms with Crippen LogP contribution in [0.2, 0.25) is 0 Å². The summed E-state index contributed by atoms with van der Waals surface area (Å²) in [6.07, 6.45) is 1.11. The molecule has 1 aromatic carbocycles. The molecule has 0 heterocycles. The Morgan fingerprint density at radius 3 is 2.42 bits per heavy atom. The number of ether oxygens (including phenoxy) is 1. The second kappa shape index (κ2) is 8.81. The summed E-state index contributed by atoms with van der Waals surface area (Å²) < 4.78 is 19.6. The van der Waals surface area contributed by atoms with Gasteiger partial charge in [-0.15, -0.1) is 0 Å². The number of nitrogens with one attached hydrogen (secondary N) is 2. The van der Waals surface area contributed by atoms with Crippen molar-refractivity contribution in [2.24, 2.45) is 0 Å². The van der Waals surface area contributed by atoms with Gasteiger partial charge >= 0.3 is 6.09 Å². The van der Waals surface area contributed by atoms with Crippen molar-refractivity contribution >= 4 is 22.0 Å². The number of rotatable bonds is 7. The van der Waals surface area contributed by atoms with Gasteiger partial charge in [-0.2, -0.15) is 0 Å². The molecule has 0 bridgehead atoms. The van der Waals surface area contributed by atoms with Crippen LogP contribution in [0.5, 0.6) is 0 Å². The molecule has 0 unspecified atom stereocenters. The van der Waals surface area contributed by atoms with Crippen molar-refractivity contribution < 1.29 is 13.9 Å². The van der Waals surface area contributed by atoms with E-state index in [4.69, 9.17) is 4.74 Å². The Hall–Kier alpha value is -1.14. The van der Waals surface area contributed by atoms with Crippen LogP contribution in [0.4, 0.5) is 9.18 Å². The van der Waals surface area contributed by atoms with Gasteiger partial charge in [0.05, 0.1) is 5.54 Å². The van der Waals surface area contributed by atoms with E-state index in [2.05, 4.69) is 26.6 Å². The molecule has 0 aliphatic heterocycles. The molecule has 0 atom stereocenters. The maximum Gasteiger partial charge on any atom is 0.408 e. The van der Waals surface area contributed by atoms with Gasteiger partial charge in [0.15, 0.2) is 0 Å². The van der Waals surface area contributed by atoms with E-state index in [1.54, 1.807) is 6.07 Å². The maximum absolute atomic E-state index is 13.3. The molecule has 2 N–H and O–H groups in total. The fraction of sp³-hybridized carbons (Fsp3) is 0.611. The van der Waals surface area contributed by atoms with Gasteiger partial charge in [0.1, 0.15) is 11.4 Å². The molecule has 0 aliphatic rings. The molecule has 1 aromatic rings. The summed E-state index contributed by atoms with van der Waals surface area (Å²) in [5, 5.41) is 6.30. The van der Waals surface area contributed by atoms with E-state index in [0.29, 0.717) is 13.1 Å². The average Bonchev–Trinajstić information content (AvgIpc) is 2.47. The van der Waals surface area contributed by atoms with Gasteiger partial charge in [-0.1, -0.05) is 29.8 Å². The monoisotopic (exact) mass is 402 g/mol. The van der Waals surface area contributed by atoms with Crippen molar-refractivity contribution in [3.63, 3.8) is 0 Å². The van der Waals surface area contributed by atoms with E-state index >= 15 is 0 Å². The summed E-state index contributed by atoms with van der Waals surface area (Å²) in [6, 6.07) is 4.61. The third-order valence-corrected chi connectivity index (χ3v) is 4.68. The minimum Gasteiger partial charge on any atom is -0.444 e. The van der Waals surface area contributed by atoms with Crippen LogP contribution in [0.3, 0.4) is 0 Å². The number of carbonyl (C=O) groups is 1. The van der Waals surface area contributed by atoms with Gasteiger partial charge in [0.25, 0.3) is 0 Å². The van der Waals surface area contributed by atoms with Crippen LogP contribution < -0.4 is 10.6 Å². The van der Waals surface area contributed by atoms with Crippen molar-refractivity contribution in [2.45, 2.75) is 65.1 Å². The van der Waals surface area contributed by atoms with Gasteiger partial charge in [0.2, 0.25) is 0 Å².